The van der Waals surface area contributed by atoms with Gasteiger partial charge < -0.3 is 10.4 Å². The SMILES string of the molecule is CC(C)C1(C(=O)O)CCNCC1.Cl. The summed E-state index contributed by atoms with van der Waals surface area (Å²) in [4.78, 5) is 11.1. The summed E-state index contributed by atoms with van der Waals surface area (Å²) in [6, 6.07) is 0. The average molecular weight is 208 g/mol. The van der Waals surface area contributed by atoms with Gasteiger partial charge in [-0.3, -0.25) is 4.79 Å². The normalized spacial score (nSPS) is 20.8. The lowest BCUT2D eigenvalue weighted by molar-refractivity contribution is -0.153. The van der Waals surface area contributed by atoms with Crippen LogP contribution < -0.4 is 5.32 Å². The van der Waals surface area contributed by atoms with Crippen LogP contribution >= 0.6 is 12.4 Å². The van der Waals surface area contributed by atoms with Crippen LogP contribution in [0.1, 0.15) is 26.7 Å². The number of nitrogens with one attached hydrogen (secondary N) is 1. The van der Waals surface area contributed by atoms with Crippen LogP contribution in [0.3, 0.4) is 0 Å². The second kappa shape index (κ2) is 4.82. The minimum absolute atomic E-state index is 0. The molecule has 0 amide bonds. The van der Waals surface area contributed by atoms with Gasteiger partial charge in [0.05, 0.1) is 5.41 Å². The van der Waals surface area contributed by atoms with Crippen molar-refractivity contribution in [3.05, 3.63) is 0 Å². The van der Waals surface area contributed by atoms with Gasteiger partial charge in [0.15, 0.2) is 0 Å². The molecule has 2 N–H and O–H groups in total. The van der Waals surface area contributed by atoms with E-state index in [4.69, 9.17) is 5.11 Å². The molecule has 1 saturated heterocycles. The van der Waals surface area contributed by atoms with E-state index in [9.17, 15) is 4.79 Å². The number of carboxylic acids is 1. The molecule has 1 fully saturated rings. The Morgan fingerprint density at radius 1 is 1.38 bits per heavy atom. The lowest BCUT2D eigenvalue weighted by Crippen LogP contribution is -2.45. The van der Waals surface area contributed by atoms with Gasteiger partial charge in [-0.1, -0.05) is 13.8 Å². The minimum Gasteiger partial charge on any atom is -0.481 e. The van der Waals surface area contributed by atoms with Crippen molar-refractivity contribution in [3.63, 3.8) is 0 Å². The molecule has 0 unspecified atom stereocenters. The Balaban J connectivity index is 0.00000144. The standard InChI is InChI=1S/C9H17NO2.ClH/c1-7(2)9(8(11)12)3-5-10-6-4-9;/h7,10H,3-6H2,1-2H3,(H,11,12);1H. The first-order valence-electron chi connectivity index (χ1n) is 4.54. The Morgan fingerprint density at radius 3 is 2.08 bits per heavy atom. The van der Waals surface area contributed by atoms with Crippen LogP contribution in [0.15, 0.2) is 0 Å². The number of carbonyl (C=O) groups is 1. The van der Waals surface area contributed by atoms with Crippen LogP contribution in [0.2, 0.25) is 0 Å². The molecule has 0 aromatic rings. The second-order valence-corrected chi connectivity index (χ2v) is 3.87. The largest absolute Gasteiger partial charge is 0.481 e. The zero-order valence-corrected chi connectivity index (χ0v) is 8.99. The maximum Gasteiger partial charge on any atom is 0.309 e. The first-order valence-corrected chi connectivity index (χ1v) is 4.54. The van der Waals surface area contributed by atoms with Crippen molar-refractivity contribution < 1.29 is 9.90 Å². The molecule has 13 heavy (non-hydrogen) atoms. The molecule has 0 aromatic carbocycles. The van der Waals surface area contributed by atoms with Crippen LogP contribution in [-0.2, 0) is 4.79 Å². The van der Waals surface area contributed by atoms with Crippen LogP contribution in [0.5, 0.6) is 0 Å². The summed E-state index contributed by atoms with van der Waals surface area (Å²) < 4.78 is 0. The zero-order chi connectivity index (χ0) is 9.19. The number of rotatable bonds is 2. The zero-order valence-electron chi connectivity index (χ0n) is 8.17. The minimum atomic E-state index is -0.626. The van der Waals surface area contributed by atoms with Crippen molar-refractivity contribution in [1.29, 1.82) is 0 Å². The molecular formula is C9H18ClNO2. The third kappa shape index (κ3) is 2.35. The van der Waals surface area contributed by atoms with Gasteiger partial charge >= 0.3 is 5.97 Å². The lowest BCUT2D eigenvalue weighted by atomic mass is 9.70. The molecule has 1 aliphatic rings. The highest BCUT2D eigenvalue weighted by Gasteiger charge is 2.42. The van der Waals surface area contributed by atoms with E-state index in [0.717, 1.165) is 25.9 Å². The highest BCUT2D eigenvalue weighted by atomic mass is 35.5. The summed E-state index contributed by atoms with van der Waals surface area (Å²) in [5.41, 5.74) is -0.467. The van der Waals surface area contributed by atoms with Gasteiger partial charge in [0.2, 0.25) is 0 Å². The fourth-order valence-corrected chi connectivity index (χ4v) is 1.91. The third-order valence-corrected chi connectivity index (χ3v) is 3.03. The van der Waals surface area contributed by atoms with Gasteiger partial charge in [0.25, 0.3) is 0 Å². The monoisotopic (exact) mass is 207 g/mol. The lowest BCUT2D eigenvalue weighted by Gasteiger charge is -2.36. The highest BCUT2D eigenvalue weighted by Crippen LogP contribution is 2.36. The summed E-state index contributed by atoms with van der Waals surface area (Å²) in [5.74, 6) is -0.393. The predicted molar refractivity (Wildman–Crippen MR) is 54.3 cm³/mol. The number of hydrogen-bond acceptors (Lipinski definition) is 2. The van der Waals surface area contributed by atoms with E-state index in [1.165, 1.54) is 0 Å². The van der Waals surface area contributed by atoms with Crippen LogP contribution in [-0.4, -0.2) is 24.2 Å². The smallest absolute Gasteiger partial charge is 0.309 e. The summed E-state index contributed by atoms with van der Waals surface area (Å²) in [6.07, 6.45) is 1.53. The summed E-state index contributed by atoms with van der Waals surface area (Å²) >= 11 is 0. The van der Waals surface area contributed by atoms with Gasteiger partial charge in [-0.05, 0) is 31.8 Å². The van der Waals surface area contributed by atoms with Crippen molar-refractivity contribution in [3.8, 4) is 0 Å². The number of aliphatic carboxylic acids is 1. The van der Waals surface area contributed by atoms with Crippen LogP contribution in [0, 0.1) is 11.3 Å². The van der Waals surface area contributed by atoms with Crippen molar-refractivity contribution in [2.24, 2.45) is 11.3 Å². The molecule has 0 bridgehead atoms. The van der Waals surface area contributed by atoms with Gasteiger partial charge in [0.1, 0.15) is 0 Å². The number of halogens is 1. The fourth-order valence-electron chi connectivity index (χ4n) is 1.91. The number of carboxylic acid groups (broad SMARTS) is 1. The molecule has 1 rings (SSSR count). The highest BCUT2D eigenvalue weighted by molar-refractivity contribution is 5.85. The molecule has 4 heteroatoms. The molecule has 0 saturated carbocycles. The first kappa shape index (κ1) is 12.7. The van der Waals surface area contributed by atoms with Gasteiger partial charge in [-0.25, -0.2) is 0 Å². The van der Waals surface area contributed by atoms with Crippen molar-refractivity contribution in [2.45, 2.75) is 26.7 Å². The van der Waals surface area contributed by atoms with Gasteiger partial charge in [-0.2, -0.15) is 0 Å². The first-order chi connectivity index (χ1) is 5.59. The summed E-state index contributed by atoms with van der Waals surface area (Å²) in [7, 11) is 0. The summed E-state index contributed by atoms with van der Waals surface area (Å²) in [5, 5.41) is 12.3. The molecule has 1 aliphatic heterocycles. The number of hydrogen-bond donors (Lipinski definition) is 2. The molecule has 0 aliphatic carbocycles. The molecule has 1 heterocycles. The van der Waals surface area contributed by atoms with Crippen LogP contribution in [0.25, 0.3) is 0 Å². The van der Waals surface area contributed by atoms with Gasteiger partial charge in [0, 0.05) is 0 Å². The molecule has 0 spiro atoms. The Labute approximate surface area is 85.3 Å². The van der Waals surface area contributed by atoms with Crippen molar-refractivity contribution >= 4 is 18.4 Å². The topological polar surface area (TPSA) is 49.3 Å². The van der Waals surface area contributed by atoms with E-state index in [2.05, 4.69) is 5.32 Å². The molecule has 3 nitrogen and oxygen atoms in total. The van der Waals surface area contributed by atoms with Crippen LogP contribution in [0.4, 0.5) is 0 Å². The van der Waals surface area contributed by atoms with Gasteiger partial charge in [-0.15, -0.1) is 12.4 Å². The molecule has 78 valence electrons. The maximum atomic E-state index is 11.1. The van der Waals surface area contributed by atoms with E-state index in [1.807, 2.05) is 13.8 Å². The van der Waals surface area contributed by atoms with E-state index in [0.29, 0.717) is 0 Å². The quantitative estimate of drug-likeness (QED) is 0.722. The summed E-state index contributed by atoms with van der Waals surface area (Å²) in [6.45, 7) is 5.67. The maximum absolute atomic E-state index is 11.1. The van der Waals surface area contributed by atoms with E-state index in [-0.39, 0.29) is 18.3 Å². The predicted octanol–water partition coefficient (Wildman–Crippen LogP) is 1.52. The van der Waals surface area contributed by atoms with E-state index >= 15 is 0 Å². The Morgan fingerprint density at radius 2 is 1.85 bits per heavy atom. The molecule has 0 atom stereocenters. The second-order valence-electron chi connectivity index (χ2n) is 3.87. The Hall–Kier alpha value is -0.280. The van der Waals surface area contributed by atoms with E-state index in [1.54, 1.807) is 0 Å². The Bertz CT molecular complexity index is 176. The molecule has 0 radical (unpaired) electrons. The number of piperidine rings is 1. The van der Waals surface area contributed by atoms with Crippen molar-refractivity contribution in [2.75, 3.05) is 13.1 Å². The average Bonchev–Trinajstić information content (AvgIpc) is 2.05. The fraction of sp³-hybridized carbons (Fsp3) is 0.889. The third-order valence-electron chi connectivity index (χ3n) is 3.03. The Kier molecular flexibility index (Phi) is 4.71. The molecular weight excluding hydrogens is 190 g/mol. The van der Waals surface area contributed by atoms with Crippen molar-refractivity contribution in [1.82, 2.24) is 5.32 Å². The molecule has 0 aromatic heterocycles. The van der Waals surface area contributed by atoms with E-state index < -0.39 is 11.4 Å².